The molecule has 0 saturated heterocycles. The Morgan fingerprint density at radius 2 is 0.544 bits per heavy atom. The van der Waals surface area contributed by atoms with Crippen LogP contribution in [0.4, 0.5) is 0 Å². The Labute approximate surface area is 428 Å². The fourth-order valence-corrected chi connectivity index (χ4v) is 10.4. The van der Waals surface area contributed by atoms with Gasteiger partial charge in [-0.15, -0.1) is 0 Å². The van der Waals surface area contributed by atoms with Crippen molar-refractivity contribution in [1.82, 2.24) is 5.32 Å². The van der Waals surface area contributed by atoms with Crippen molar-refractivity contribution in [1.29, 1.82) is 0 Å². The molecule has 3 N–H and O–H groups in total. The zero-order valence-corrected chi connectivity index (χ0v) is 46.9. The first-order valence-electron chi connectivity index (χ1n) is 31.9. The minimum Gasteiger partial charge on any atom is -0.394 e. The highest BCUT2D eigenvalue weighted by atomic mass is 16.3. The Morgan fingerprint density at radius 3 is 0.765 bits per heavy atom. The highest BCUT2D eigenvalue weighted by molar-refractivity contribution is 5.76. The van der Waals surface area contributed by atoms with E-state index in [0.717, 1.165) is 25.7 Å². The quantitative estimate of drug-likeness (QED) is 0.0420. The zero-order valence-electron chi connectivity index (χ0n) is 46.9. The minimum atomic E-state index is -0.836. The predicted molar refractivity (Wildman–Crippen MR) is 304 cm³/mol. The van der Waals surface area contributed by atoms with Gasteiger partial charge in [0.1, 0.15) is 0 Å². The first-order valence-corrected chi connectivity index (χ1v) is 31.9. The highest BCUT2D eigenvalue weighted by Crippen LogP contribution is 2.19. The molecule has 0 fully saturated rings. The van der Waals surface area contributed by atoms with Crippen molar-refractivity contribution in [3.63, 3.8) is 0 Å². The normalized spacial score (nSPS) is 12.7. The van der Waals surface area contributed by atoms with Crippen molar-refractivity contribution in [2.24, 2.45) is 0 Å². The first-order chi connectivity index (χ1) is 33.7. The molecule has 68 heavy (non-hydrogen) atoms. The number of rotatable bonds is 60. The van der Waals surface area contributed by atoms with Gasteiger partial charge in [0.05, 0.1) is 18.8 Å². The number of carbonyl (C=O) groups is 1. The molecule has 0 aromatic rings. The number of hydrogen-bond acceptors (Lipinski definition) is 3. The average molecular weight is 959 g/mol. The summed E-state index contributed by atoms with van der Waals surface area (Å²) in [7, 11) is 0. The van der Waals surface area contributed by atoms with Gasteiger partial charge in [0.25, 0.3) is 0 Å². The van der Waals surface area contributed by atoms with E-state index in [0.29, 0.717) is 6.42 Å². The van der Waals surface area contributed by atoms with Gasteiger partial charge in [0.15, 0.2) is 0 Å². The van der Waals surface area contributed by atoms with E-state index in [4.69, 9.17) is 0 Å². The van der Waals surface area contributed by atoms with Crippen LogP contribution < -0.4 is 5.32 Å². The third kappa shape index (κ3) is 56.0. The molecule has 406 valence electrons. The molecule has 0 radical (unpaired) electrons. The maximum absolute atomic E-state index is 12.5. The van der Waals surface area contributed by atoms with Crippen molar-refractivity contribution in [2.45, 2.75) is 386 Å². The summed E-state index contributed by atoms with van der Waals surface area (Å²) in [5, 5.41) is 23.3. The SMILES string of the molecule is CCCCCCCCCCCCCCCCCCCCCCCCCCCCCCCCC/C=C/C(O)C(CO)NC(=O)CCCCCCCCCCCCCCCCCCCCCCCCC. The lowest BCUT2D eigenvalue weighted by molar-refractivity contribution is -0.123. The van der Waals surface area contributed by atoms with Gasteiger partial charge in [0, 0.05) is 6.42 Å². The molecule has 4 nitrogen and oxygen atoms in total. The van der Waals surface area contributed by atoms with Gasteiger partial charge in [-0.05, 0) is 19.3 Å². The Morgan fingerprint density at radius 1 is 0.338 bits per heavy atom. The van der Waals surface area contributed by atoms with Crippen LogP contribution in [0.2, 0.25) is 0 Å². The Hall–Kier alpha value is -0.870. The van der Waals surface area contributed by atoms with Crippen LogP contribution in [-0.2, 0) is 4.79 Å². The van der Waals surface area contributed by atoms with Crippen LogP contribution in [0, 0.1) is 0 Å². The summed E-state index contributed by atoms with van der Waals surface area (Å²) in [5.74, 6) is -0.0545. The van der Waals surface area contributed by atoms with Gasteiger partial charge < -0.3 is 15.5 Å². The number of aliphatic hydroxyl groups excluding tert-OH is 2. The molecule has 0 aliphatic heterocycles. The second-order valence-corrected chi connectivity index (χ2v) is 22.2. The molecule has 0 aliphatic carbocycles. The van der Waals surface area contributed by atoms with Gasteiger partial charge in [0.2, 0.25) is 5.91 Å². The van der Waals surface area contributed by atoms with E-state index in [-0.39, 0.29) is 12.5 Å². The van der Waals surface area contributed by atoms with Crippen molar-refractivity contribution in [3.05, 3.63) is 12.2 Å². The van der Waals surface area contributed by atoms with Crippen molar-refractivity contribution in [2.75, 3.05) is 6.61 Å². The fourth-order valence-electron chi connectivity index (χ4n) is 10.4. The molecule has 0 bridgehead atoms. The first kappa shape index (κ1) is 67.1. The molecule has 0 rings (SSSR count). The maximum Gasteiger partial charge on any atom is 0.220 e. The highest BCUT2D eigenvalue weighted by Gasteiger charge is 2.18. The van der Waals surface area contributed by atoms with Crippen LogP contribution >= 0.6 is 0 Å². The summed E-state index contributed by atoms with van der Waals surface area (Å²) in [6, 6.07) is -0.619. The van der Waals surface area contributed by atoms with Crippen molar-refractivity contribution >= 4 is 5.91 Å². The molecule has 2 unspecified atom stereocenters. The molecule has 1 amide bonds. The summed E-state index contributed by atoms with van der Waals surface area (Å²) in [5.41, 5.74) is 0. The van der Waals surface area contributed by atoms with Crippen LogP contribution in [0.3, 0.4) is 0 Å². The van der Waals surface area contributed by atoms with Crippen LogP contribution in [0.1, 0.15) is 373 Å². The third-order valence-corrected chi connectivity index (χ3v) is 15.3. The Bertz CT molecular complexity index is 952. The number of carbonyl (C=O) groups excluding carboxylic acids is 1. The molecule has 4 heteroatoms. The van der Waals surface area contributed by atoms with E-state index in [1.54, 1.807) is 6.08 Å². The molecular formula is C64H127NO3. The van der Waals surface area contributed by atoms with Gasteiger partial charge in [-0.1, -0.05) is 360 Å². The molecule has 0 aromatic heterocycles. The third-order valence-electron chi connectivity index (χ3n) is 15.3. The molecule has 0 aliphatic rings. The van der Waals surface area contributed by atoms with E-state index in [2.05, 4.69) is 19.2 Å². The van der Waals surface area contributed by atoms with Gasteiger partial charge in [-0.3, -0.25) is 4.79 Å². The lowest BCUT2D eigenvalue weighted by Crippen LogP contribution is -2.45. The molecule has 0 saturated carbocycles. The molecular weight excluding hydrogens is 831 g/mol. The topological polar surface area (TPSA) is 69.6 Å². The molecule has 2 atom stereocenters. The summed E-state index contributed by atoms with van der Waals surface area (Å²) >= 11 is 0. The Balaban J connectivity index is 3.41. The number of allylic oxidation sites excluding steroid dienone is 1. The van der Waals surface area contributed by atoms with Crippen LogP contribution in [0.5, 0.6) is 0 Å². The van der Waals surface area contributed by atoms with Gasteiger partial charge in [-0.25, -0.2) is 0 Å². The van der Waals surface area contributed by atoms with E-state index >= 15 is 0 Å². The minimum absolute atomic E-state index is 0.0545. The number of aliphatic hydroxyl groups is 2. The van der Waals surface area contributed by atoms with E-state index in [1.165, 1.54) is 327 Å². The van der Waals surface area contributed by atoms with Crippen molar-refractivity contribution < 1.29 is 15.0 Å². The van der Waals surface area contributed by atoms with E-state index in [9.17, 15) is 15.0 Å². The molecule has 0 spiro atoms. The predicted octanol–water partition coefficient (Wildman–Crippen LogP) is 21.3. The summed E-state index contributed by atoms with van der Waals surface area (Å²) < 4.78 is 0. The summed E-state index contributed by atoms with van der Waals surface area (Å²) in [6.45, 7) is 4.36. The monoisotopic (exact) mass is 958 g/mol. The zero-order chi connectivity index (χ0) is 49.2. The molecule has 0 aromatic carbocycles. The van der Waals surface area contributed by atoms with E-state index < -0.39 is 12.1 Å². The molecule has 0 heterocycles. The number of unbranched alkanes of at least 4 members (excludes halogenated alkanes) is 53. The maximum atomic E-state index is 12.5. The largest absolute Gasteiger partial charge is 0.394 e. The summed E-state index contributed by atoms with van der Waals surface area (Å²) in [4.78, 5) is 12.5. The smallest absolute Gasteiger partial charge is 0.220 e. The van der Waals surface area contributed by atoms with Gasteiger partial charge >= 0.3 is 0 Å². The number of nitrogens with one attached hydrogen (secondary N) is 1. The van der Waals surface area contributed by atoms with Crippen LogP contribution in [0.25, 0.3) is 0 Å². The van der Waals surface area contributed by atoms with Crippen LogP contribution in [0.15, 0.2) is 12.2 Å². The Kier molecular flexibility index (Phi) is 59.7. The second kappa shape index (κ2) is 60.4. The van der Waals surface area contributed by atoms with E-state index in [1.807, 2.05) is 6.08 Å². The lowest BCUT2D eigenvalue weighted by Gasteiger charge is -2.20. The standard InChI is InChI=1S/C64H127NO3/c1-3-5-7-9-11-13-15-17-19-21-23-25-27-28-29-30-31-32-33-34-35-36-38-39-41-43-45-47-49-51-53-55-57-59-63(67)62(61-66)65-64(68)60-58-56-54-52-50-48-46-44-42-40-37-26-24-22-20-18-16-14-12-10-8-6-4-2/h57,59,62-63,66-67H,3-56,58,60-61H2,1-2H3,(H,65,68)/b59-57+. The number of amides is 1. The fraction of sp³-hybridized carbons (Fsp3) is 0.953. The van der Waals surface area contributed by atoms with Crippen LogP contribution in [-0.4, -0.2) is 34.9 Å². The second-order valence-electron chi connectivity index (χ2n) is 22.2. The van der Waals surface area contributed by atoms with Crippen molar-refractivity contribution in [3.8, 4) is 0 Å². The lowest BCUT2D eigenvalue weighted by atomic mass is 10.0. The van der Waals surface area contributed by atoms with Gasteiger partial charge in [-0.2, -0.15) is 0 Å². The average Bonchev–Trinajstić information content (AvgIpc) is 3.34. The number of hydrogen-bond donors (Lipinski definition) is 3. The summed E-state index contributed by atoms with van der Waals surface area (Å²) in [6.07, 6.45) is 79.9.